The fourth-order valence-electron chi connectivity index (χ4n) is 3.42. The molecule has 1 aliphatic rings. The van der Waals surface area contributed by atoms with E-state index in [1.54, 1.807) is 6.20 Å². The van der Waals surface area contributed by atoms with E-state index >= 15 is 0 Å². The lowest BCUT2D eigenvalue weighted by Gasteiger charge is -2.14. The van der Waals surface area contributed by atoms with Gasteiger partial charge >= 0.3 is 5.69 Å². The molecule has 2 aromatic heterocycles. The zero-order valence-corrected chi connectivity index (χ0v) is 16.2. The summed E-state index contributed by atoms with van der Waals surface area (Å²) in [6, 6.07) is 10.1. The molecule has 1 fully saturated rings. The van der Waals surface area contributed by atoms with Gasteiger partial charge in [0, 0.05) is 18.9 Å². The highest BCUT2D eigenvalue weighted by atomic mass is 16.5. The first-order chi connectivity index (χ1) is 13.7. The van der Waals surface area contributed by atoms with E-state index in [-0.39, 0.29) is 18.9 Å². The monoisotopic (exact) mass is 386 g/mol. The van der Waals surface area contributed by atoms with Crippen LogP contribution in [0, 0.1) is 0 Å². The van der Waals surface area contributed by atoms with Crippen molar-refractivity contribution in [3.05, 3.63) is 52.6 Å². The summed E-state index contributed by atoms with van der Waals surface area (Å²) in [7, 11) is 1.00. The van der Waals surface area contributed by atoms with E-state index < -0.39 is 5.69 Å². The van der Waals surface area contributed by atoms with Crippen LogP contribution in [0.25, 0.3) is 22.4 Å². The topological polar surface area (TPSA) is 97.7 Å². The highest BCUT2D eigenvalue weighted by Crippen LogP contribution is 2.30. The Hall–Kier alpha value is -2.48. The highest BCUT2D eigenvalue weighted by molar-refractivity contribution is 5.79. The predicted molar refractivity (Wildman–Crippen MR) is 106 cm³/mol. The first-order valence-corrected chi connectivity index (χ1v) is 9.51. The number of aliphatic hydroxyl groups is 2. The largest absolute Gasteiger partial charge is 0.437 e. The van der Waals surface area contributed by atoms with Gasteiger partial charge in [-0.2, -0.15) is 4.98 Å². The Balaban J connectivity index is 0.00000109. The van der Waals surface area contributed by atoms with Crippen molar-refractivity contribution in [2.75, 3.05) is 13.7 Å². The van der Waals surface area contributed by atoms with E-state index in [0.29, 0.717) is 17.9 Å². The smallest absolute Gasteiger partial charge is 0.353 e. The molecule has 150 valence electrons. The normalized spacial score (nSPS) is 18.9. The molecule has 0 saturated carbocycles. The molecule has 0 amide bonds. The highest BCUT2D eigenvalue weighted by Gasteiger charge is 2.27. The summed E-state index contributed by atoms with van der Waals surface area (Å²) < 4.78 is 13.0. The number of hydrogen-bond acceptors (Lipinski definition) is 6. The van der Waals surface area contributed by atoms with Gasteiger partial charge in [-0.1, -0.05) is 37.6 Å². The van der Waals surface area contributed by atoms with Gasteiger partial charge in [-0.25, -0.2) is 4.79 Å². The third kappa shape index (κ3) is 4.16. The molecular formula is C21H26N2O5. The maximum atomic E-state index is 12.3. The van der Waals surface area contributed by atoms with Crippen molar-refractivity contribution in [1.82, 2.24) is 9.55 Å². The average molecular weight is 386 g/mol. The van der Waals surface area contributed by atoms with E-state index in [2.05, 4.69) is 24.0 Å². The van der Waals surface area contributed by atoms with Gasteiger partial charge in [0.2, 0.25) is 5.71 Å². The van der Waals surface area contributed by atoms with Gasteiger partial charge in [0.25, 0.3) is 0 Å². The zero-order chi connectivity index (χ0) is 20.1. The number of nitrogens with zero attached hydrogens (tertiary/aromatic N) is 2. The van der Waals surface area contributed by atoms with Crippen molar-refractivity contribution < 1.29 is 19.4 Å². The Kier molecular flexibility index (Phi) is 6.61. The SMILES string of the molecule is CCCc1ccc(-c2cc3cn(C4CCC(CO)O4)c(=O)nc3o2)cc1.CO. The maximum absolute atomic E-state index is 12.3. The summed E-state index contributed by atoms with van der Waals surface area (Å²) in [5.74, 6) is 0.688. The predicted octanol–water partition coefficient (Wildman–Crippen LogP) is 2.89. The molecule has 2 N–H and O–H groups in total. The van der Waals surface area contributed by atoms with Crippen LogP contribution in [-0.2, 0) is 11.2 Å². The second kappa shape index (κ2) is 9.14. The minimum absolute atomic E-state index is 0.0369. The van der Waals surface area contributed by atoms with E-state index in [0.717, 1.165) is 37.3 Å². The number of furan rings is 1. The summed E-state index contributed by atoms with van der Waals surface area (Å²) >= 11 is 0. The molecule has 2 atom stereocenters. The Morgan fingerprint density at radius 2 is 1.96 bits per heavy atom. The number of rotatable bonds is 5. The van der Waals surface area contributed by atoms with Gasteiger partial charge < -0.3 is 19.4 Å². The third-order valence-corrected chi connectivity index (χ3v) is 4.81. The van der Waals surface area contributed by atoms with Gasteiger partial charge in [-0.15, -0.1) is 0 Å². The lowest BCUT2D eigenvalue weighted by atomic mass is 10.1. The second-order valence-electron chi connectivity index (χ2n) is 6.72. The van der Waals surface area contributed by atoms with Crippen molar-refractivity contribution in [1.29, 1.82) is 0 Å². The number of fused-ring (bicyclic) bond motifs is 1. The molecule has 1 aliphatic heterocycles. The molecule has 7 nitrogen and oxygen atoms in total. The van der Waals surface area contributed by atoms with Crippen molar-refractivity contribution in [3.8, 4) is 11.3 Å². The minimum atomic E-state index is -0.403. The molecular weight excluding hydrogens is 360 g/mol. The molecule has 3 aromatic rings. The first-order valence-electron chi connectivity index (χ1n) is 9.51. The van der Waals surface area contributed by atoms with Gasteiger partial charge in [0.1, 0.15) is 12.0 Å². The van der Waals surface area contributed by atoms with Crippen molar-refractivity contribution >= 4 is 11.1 Å². The van der Waals surface area contributed by atoms with Crippen LogP contribution < -0.4 is 5.69 Å². The molecule has 1 aromatic carbocycles. The maximum Gasteiger partial charge on any atom is 0.353 e. The fourth-order valence-corrected chi connectivity index (χ4v) is 3.42. The van der Waals surface area contributed by atoms with Gasteiger partial charge in [0.05, 0.1) is 18.1 Å². The molecule has 4 rings (SSSR count). The summed E-state index contributed by atoms with van der Waals surface area (Å²) in [6.45, 7) is 2.12. The molecule has 0 bridgehead atoms. The molecule has 28 heavy (non-hydrogen) atoms. The molecule has 0 spiro atoms. The minimum Gasteiger partial charge on any atom is -0.437 e. The van der Waals surface area contributed by atoms with Crippen LogP contribution in [0.4, 0.5) is 0 Å². The number of hydrogen-bond donors (Lipinski definition) is 2. The Labute approximate surface area is 163 Å². The van der Waals surface area contributed by atoms with Crippen molar-refractivity contribution in [2.45, 2.75) is 44.9 Å². The van der Waals surface area contributed by atoms with Crippen LogP contribution in [0.3, 0.4) is 0 Å². The zero-order valence-electron chi connectivity index (χ0n) is 16.2. The quantitative estimate of drug-likeness (QED) is 0.700. The summed E-state index contributed by atoms with van der Waals surface area (Å²) in [5, 5.41) is 17.0. The number of aromatic nitrogens is 2. The Morgan fingerprint density at radius 1 is 1.21 bits per heavy atom. The van der Waals surface area contributed by atoms with Crippen LogP contribution in [0.1, 0.15) is 38.0 Å². The van der Waals surface area contributed by atoms with Crippen LogP contribution in [-0.4, -0.2) is 39.6 Å². The number of benzene rings is 1. The third-order valence-electron chi connectivity index (χ3n) is 4.81. The van der Waals surface area contributed by atoms with Crippen molar-refractivity contribution in [2.24, 2.45) is 0 Å². The van der Waals surface area contributed by atoms with Crippen LogP contribution >= 0.6 is 0 Å². The van der Waals surface area contributed by atoms with Gasteiger partial charge in [0.15, 0.2) is 0 Å². The molecule has 1 saturated heterocycles. The van der Waals surface area contributed by atoms with Gasteiger partial charge in [-0.3, -0.25) is 4.57 Å². The summed E-state index contributed by atoms with van der Waals surface area (Å²) in [6.07, 6.45) is 4.70. The standard InChI is InChI=1S/C20H22N2O4.CH4O/c1-2-3-13-4-6-14(7-5-13)17-10-15-11-22(20(24)21-19(15)26-17)18-9-8-16(12-23)25-18;1-2/h4-7,10-11,16,18,23H,2-3,8-9,12H2,1H3;2H,1H3. The molecule has 0 radical (unpaired) electrons. The Bertz CT molecular complexity index is 961. The fraction of sp³-hybridized carbons (Fsp3) is 0.429. The van der Waals surface area contributed by atoms with E-state index in [4.69, 9.17) is 14.3 Å². The number of ether oxygens (including phenoxy) is 1. The lowest BCUT2D eigenvalue weighted by molar-refractivity contribution is -0.0243. The van der Waals surface area contributed by atoms with Crippen LogP contribution in [0.5, 0.6) is 0 Å². The van der Waals surface area contributed by atoms with Gasteiger partial charge in [-0.05, 0) is 30.9 Å². The number of aryl methyl sites for hydroxylation is 1. The van der Waals surface area contributed by atoms with Crippen LogP contribution in [0.2, 0.25) is 0 Å². The lowest BCUT2D eigenvalue weighted by Crippen LogP contribution is -2.27. The summed E-state index contributed by atoms with van der Waals surface area (Å²) in [5.41, 5.74) is 2.18. The second-order valence-corrected chi connectivity index (χ2v) is 6.72. The van der Waals surface area contributed by atoms with Crippen LogP contribution in [0.15, 0.2) is 45.7 Å². The number of aliphatic hydroxyl groups excluding tert-OH is 2. The van der Waals surface area contributed by atoms with E-state index in [1.807, 2.05) is 18.2 Å². The van der Waals surface area contributed by atoms with Crippen molar-refractivity contribution in [3.63, 3.8) is 0 Å². The molecule has 2 unspecified atom stereocenters. The molecule has 0 aliphatic carbocycles. The summed E-state index contributed by atoms with van der Waals surface area (Å²) in [4.78, 5) is 16.4. The molecule has 7 heteroatoms. The average Bonchev–Trinajstić information content (AvgIpc) is 3.36. The van der Waals surface area contributed by atoms with E-state index in [9.17, 15) is 9.90 Å². The Morgan fingerprint density at radius 3 is 2.61 bits per heavy atom. The first kappa shape index (κ1) is 20.3. The molecule has 3 heterocycles. The van der Waals surface area contributed by atoms with E-state index in [1.165, 1.54) is 10.1 Å².